The molecule has 128 valence electrons. The summed E-state index contributed by atoms with van der Waals surface area (Å²) in [5.41, 5.74) is 7.59. The summed E-state index contributed by atoms with van der Waals surface area (Å²) in [6, 6.07) is 5.49. The van der Waals surface area contributed by atoms with Crippen molar-refractivity contribution in [1.82, 2.24) is 5.32 Å². The van der Waals surface area contributed by atoms with Gasteiger partial charge in [0.2, 0.25) is 5.91 Å². The Morgan fingerprint density at radius 3 is 2.48 bits per heavy atom. The summed E-state index contributed by atoms with van der Waals surface area (Å²) in [5, 5.41) is 5.74. The molecule has 4 N–H and O–H groups in total. The Morgan fingerprint density at radius 1 is 1.13 bits per heavy atom. The normalized spacial score (nSPS) is 10.7. The summed E-state index contributed by atoms with van der Waals surface area (Å²) in [7, 11) is 0. The van der Waals surface area contributed by atoms with Gasteiger partial charge in [0.25, 0.3) is 5.91 Å². The highest BCUT2D eigenvalue weighted by Gasteiger charge is 2.12. The van der Waals surface area contributed by atoms with Crippen molar-refractivity contribution in [2.24, 2.45) is 5.73 Å². The molecule has 0 heterocycles. The molecule has 0 aromatic heterocycles. The fourth-order valence-electron chi connectivity index (χ4n) is 2.29. The Bertz CT molecular complexity index is 527. The van der Waals surface area contributed by atoms with Crippen LogP contribution in [0.15, 0.2) is 18.2 Å². The number of hydrogen-bond donors (Lipinski definition) is 3. The van der Waals surface area contributed by atoms with Gasteiger partial charge in [-0.2, -0.15) is 0 Å². The molecule has 5 heteroatoms. The summed E-state index contributed by atoms with van der Waals surface area (Å²) in [4.78, 5) is 24.1. The smallest absolute Gasteiger partial charge is 0.251 e. The van der Waals surface area contributed by atoms with Crippen molar-refractivity contribution in [2.45, 2.75) is 58.9 Å². The lowest BCUT2D eigenvalue weighted by Gasteiger charge is -2.12. The Labute approximate surface area is 139 Å². The third-order valence-electron chi connectivity index (χ3n) is 3.54. The van der Waals surface area contributed by atoms with Gasteiger partial charge < -0.3 is 16.4 Å². The predicted octanol–water partition coefficient (Wildman–Crippen LogP) is 2.98. The number of carbonyl (C=O) groups is 2. The molecule has 0 aliphatic carbocycles. The Balaban J connectivity index is 2.57. The molecule has 1 aromatic rings. The van der Waals surface area contributed by atoms with Crippen LogP contribution in [0.2, 0.25) is 0 Å². The number of unbranched alkanes of at least 4 members (excludes halogenated alkanes) is 3. The van der Waals surface area contributed by atoms with Crippen LogP contribution in [0.25, 0.3) is 0 Å². The predicted molar refractivity (Wildman–Crippen MR) is 94.6 cm³/mol. The number of rotatable bonds is 9. The minimum absolute atomic E-state index is 0.0168. The van der Waals surface area contributed by atoms with Crippen LogP contribution in [-0.4, -0.2) is 24.4 Å². The minimum Gasteiger partial charge on any atom is -0.350 e. The van der Waals surface area contributed by atoms with Crippen molar-refractivity contribution in [3.8, 4) is 0 Å². The second kappa shape index (κ2) is 10.0. The van der Waals surface area contributed by atoms with Gasteiger partial charge in [-0.15, -0.1) is 0 Å². The molecule has 0 spiro atoms. The highest BCUT2D eigenvalue weighted by Crippen LogP contribution is 2.16. The topological polar surface area (TPSA) is 84.2 Å². The van der Waals surface area contributed by atoms with E-state index in [0.29, 0.717) is 24.2 Å². The van der Waals surface area contributed by atoms with E-state index in [1.165, 1.54) is 0 Å². The fraction of sp³-hybridized carbons (Fsp3) is 0.556. The first-order valence-electron chi connectivity index (χ1n) is 8.35. The SMILES string of the molecule is Cc1ccc(NC(=O)CCCCCCN)cc1C(=O)NC(C)C. The fourth-order valence-corrected chi connectivity index (χ4v) is 2.29. The lowest BCUT2D eigenvalue weighted by molar-refractivity contribution is -0.116. The molecule has 0 fully saturated rings. The third-order valence-corrected chi connectivity index (χ3v) is 3.54. The number of carbonyl (C=O) groups excluding carboxylic acids is 2. The zero-order valence-electron chi connectivity index (χ0n) is 14.4. The van der Waals surface area contributed by atoms with Crippen LogP contribution >= 0.6 is 0 Å². The van der Waals surface area contributed by atoms with E-state index < -0.39 is 0 Å². The highest BCUT2D eigenvalue weighted by molar-refractivity contribution is 5.98. The number of amides is 2. The van der Waals surface area contributed by atoms with Crippen molar-refractivity contribution in [2.75, 3.05) is 11.9 Å². The Hall–Kier alpha value is -1.88. The average molecular weight is 319 g/mol. The molecule has 23 heavy (non-hydrogen) atoms. The Morgan fingerprint density at radius 2 is 1.83 bits per heavy atom. The second-order valence-corrected chi connectivity index (χ2v) is 6.16. The van der Waals surface area contributed by atoms with E-state index in [1.807, 2.05) is 32.9 Å². The van der Waals surface area contributed by atoms with E-state index in [9.17, 15) is 9.59 Å². The second-order valence-electron chi connectivity index (χ2n) is 6.16. The summed E-state index contributed by atoms with van der Waals surface area (Å²) in [6.45, 7) is 6.43. The number of nitrogens with two attached hydrogens (primary N) is 1. The lowest BCUT2D eigenvalue weighted by Crippen LogP contribution is -2.30. The first kappa shape index (κ1) is 19.2. The number of hydrogen-bond acceptors (Lipinski definition) is 3. The van der Waals surface area contributed by atoms with Gasteiger partial charge in [0.15, 0.2) is 0 Å². The van der Waals surface area contributed by atoms with Crippen molar-refractivity contribution in [1.29, 1.82) is 0 Å². The van der Waals surface area contributed by atoms with Crippen molar-refractivity contribution < 1.29 is 9.59 Å². The summed E-state index contributed by atoms with van der Waals surface area (Å²) < 4.78 is 0. The van der Waals surface area contributed by atoms with Gasteiger partial charge in [-0.05, 0) is 57.9 Å². The molecule has 0 atom stereocenters. The number of anilines is 1. The molecule has 0 radical (unpaired) electrons. The minimum atomic E-state index is -0.115. The summed E-state index contributed by atoms with van der Waals surface area (Å²) in [6.07, 6.45) is 4.44. The van der Waals surface area contributed by atoms with Gasteiger partial charge in [-0.25, -0.2) is 0 Å². The molecular formula is C18H29N3O2. The highest BCUT2D eigenvalue weighted by atomic mass is 16.2. The molecule has 0 bridgehead atoms. The molecule has 0 unspecified atom stereocenters. The van der Waals surface area contributed by atoms with Crippen LogP contribution in [-0.2, 0) is 4.79 Å². The van der Waals surface area contributed by atoms with Gasteiger partial charge in [0.1, 0.15) is 0 Å². The average Bonchev–Trinajstić information content (AvgIpc) is 2.48. The quantitative estimate of drug-likeness (QED) is 0.612. The van der Waals surface area contributed by atoms with Crippen LogP contribution in [0.3, 0.4) is 0 Å². The molecule has 0 aliphatic heterocycles. The number of nitrogens with one attached hydrogen (secondary N) is 2. The van der Waals surface area contributed by atoms with Crippen molar-refractivity contribution >= 4 is 17.5 Å². The standard InChI is InChI=1S/C18H29N3O2/c1-13(2)20-18(23)16-12-15(10-9-14(16)3)21-17(22)8-6-4-5-7-11-19/h9-10,12-13H,4-8,11,19H2,1-3H3,(H,20,23)(H,21,22). The van der Waals surface area contributed by atoms with Gasteiger partial charge in [0.05, 0.1) is 0 Å². The molecule has 0 saturated heterocycles. The monoisotopic (exact) mass is 319 g/mol. The molecule has 1 rings (SSSR count). The van der Waals surface area contributed by atoms with E-state index in [-0.39, 0.29) is 17.9 Å². The Kier molecular flexibility index (Phi) is 8.33. The van der Waals surface area contributed by atoms with Crippen LogP contribution in [0.5, 0.6) is 0 Å². The van der Waals surface area contributed by atoms with Gasteiger partial charge in [-0.3, -0.25) is 9.59 Å². The maximum atomic E-state index is 12.2. The number of aryl methyl sites for hydroxylation is 1. The maximum absolute atomic E-state index is 12.2. The molecule has 0 saturated carbocycles. The zero-order valence-corrected chi connectivity index (χ0v) is 14.4. The van der Waals surface area contributed by atoms with E-state index in [4.69, 9.17) is 5.73 Å². The van der Waals surface area contributed by atoms with Crippen LogP contribution in [0.1, 0.15) is 61.9 Å². The van der Waals surface area contributed by atoms with Gasteiger partial charge >= 0.3 is 0 Å². The molecule has 5 nitrogen and oxygen atoms in total. The largest absolute Gasteiger partial charge is 0.350 e. The van der Waals surface area contributed by atoms with Crippen molar-refractivity contribution in [3.63, 3.8) is 0 Å². The molecule has 0 aliphatic rings. The first-order chi connectivity index (χ1) is 10.9. The van der Waals surface area contributed by atoms with Crippen LogP contribution < -0.4 is 16.4 Å². The van der Waals surface area contributed by atoms with Crippen molar-refractivity contribution in [3.05, 3.63) is 29.3 Å². The van der Waals surface area contributed by atoms with Gasteiger partial charge in [0, 0.05) is 23.7 Å². The van der Waals surface area contributed by atoms with Crippen LogP contribution in [0.4, 0.5) is 5.69 Å². The van der Waals surface area contributed by atoms with Gasteiger partial charge in [-0.1, -0.05) is 18.9 Å². The van der Waals surface area contributed by atoms with E-state index in [0.717, 1.165) is 31.2 Å². The summed E-state index contributed by atoms with van der Waals surface area (Å²) >= 11 is 0. The lowest BCUT2D eigenvalue weighted by atomic mass is 10.1. The third kappa shape index (κ3) is 7.28. The van der Waals surface area contributed by atoms with E-state index in [1.54, 1.807) is 6.07 Å². The molecule has 1 aromatic carbocycles. The van der Waals surface area contributed by atoms with E-state index >= 15 is 0 Å². The van der Waals surface area contributed by atoms with Crippen LogP contribution in [0, 0.1) is 6.92 Å². The first-order valence-corrected chi connectivity index (χ1v) is 8.35. The molecule has 2 amide bonds. The molecular weight excluding hydrogens is 290 g/mol. The van der Waals surface area contributed by atoms with E-state index in [2.05, 4.69) is 10.6 Å². The number of benzene rings is 1. The summed E-state index contributed by atoms with van der Waals surface area (Å²) in [5.74, 6) is -0.132. The zero-order chi connectivity index (χ0) is 17.2. The maximum Gasteiger partial charge on any atom is 0.251 e.